The van der Waals surface area contributed by atoms with Gasteiger partial charge in [0.15, 0.2) is 0 Å². The molecule has 0 bridgehead atoms. The fourth-order valence-corrected chi connectivity index (χ4v) is 3.64. The summed E-state index contributed by atoms with van der Waals surface area (Å²) in [7, 11) is 0. The SMILES string of the molecule is O=C(NCC[NH+]1CCOCC1)C(=O)c1c(-c2ccccc2)cc2ccccn12. The van der Waals surface area contributed by atoms with Crippen LogP contribution < -0.4 is 10.2 Å². The molecule has 6 heteroatoms. The lowest BCUT2D eigenvalue weighted by atomic mass is 10.0. The van der Waals surface area contributed by atoms with Crippen molar-refractivity contribution in [1.29, 1.82) is 0 Å². The number of ketones is 1. The van der Waals surface area contributed by atoms with Crippen LogP contribution in [0.4, 0.5) is 0 Å². The molecule has 1 aliphatic heterocycles. The van der Waals surface area contributed by atoms with Crippen LogP contribution in [0.2, 0.25) is 0 Å². The van der Waals surface area contributed by atoms with Gasteiger partial charge in [-0.3, -0.25) is 9.59 Å². The zero-order valence-electron chi connectivity index (χ0n) is 15.7. The number of rotatable bonds is 6. The molecule has 28 heavy (non-hydrogen) atoms. The Kier molecular flexibility index (Phi) is 5.50. The normalized spacial score (nSPS) is 14.9. The molecule has 2 N–H and O–H groups in total. The van der Waals surface area contributed by atoms with Crippen molar-refractivity contribution in [3.63, 3.8) is 0 Å². The molecule has 1 saturated heterocycles. The highest BCUT2D eigenvalue weighted by Gasteiger charge is 2.25. The molecule has 4 rings (SSSR count). The number of Topliss-reactive ketones (excluding diaryl/α,β-unsaturated/α-hetero) is 1. The second-order valence-electron chi connectivity index (χ2n) is 6.97. The number of ether oxygens (including phenoxy) is 1. The van der Waals surface area contributed by atoms with Gasteiger partial charge in [0.1, 0.15) is 18.8 Å². The van der Waals surface area contributed by atoms with Crippen molar-refractivity contribution in [2.45, 2.75) is 0 Å². The topological polar surface area (TPSA) is 64.2 Å². The first-order chi connectivity index (χ1) is 13.7. The number of nitrogens with zero attached hydrogens (tertiary/aromatic N) is 1. The van der Waals surface area contributed by atoms with E-state index in [4.69, 9.17) is 4.74 Å². The molecule has 0 saturated carbocycles. The zero-order valence-corrected chi connectivity index (χ0v) is 15.7. The van der Waals surface area contributed by atoms with Gasteiger partial charge >= 0.3 is 0 Å². The van der Waals surface area contributed by atoms with Crippen LogP contribution in [-0.4, -0.2) is 55.5 Å². The summed E-state index contributed by atoms with van der Waals surface area (Å²) >= 11 is 0. The lowest BCUT2D eigenvalue weighted by Crippen LogP contribution is -3.14. The minimum Gasteiger partial charge on any atom is -0.370 e. The summed E-state index contributed by atoms with van der Waals surface area (Å²) in [6.07, 6.45) is 1.82. The lowest BCUT2D eigenvalue weighted by molar-refractivity contribution is -0.906. The maximum absolute atomic E-state index is 13.0. The molecule has 1 aliphatic rings. The minimum atomic E-state index is -0.561. The fourth-order valence-electron chi connectivity index (χ4n) is 3.64. The predicted molar refractivity (Wildman–Crippen MR) is 107 cm³/mol. The molecule has 3 heterocycles. The number of hydrogen-bond donors (Lipinski definition) is 2. The van der Waals surface area contributed by atoms with Gasteiger partial charge in [-0.1, -0.05) is 36.4 Å². The van der Waals surface area contributed by atoms with Gasteiger partial charge in [0, 0.05) is 17.3 Å². The maximum Gasteiger partial charge on any atom is 0.294 e. The fraction of sp³-hybridized carbons (Fsp3) is 0.273. The van der Waals surface area contributed by atoms with Crippen molar-refractivity contribution >= 4 is 17.2 Å². The van der Waals surface area contributed by atoms with Crippen LogP contribution in [0, 0.1) is 0 Å². The Bertz CT molecular complexity index is 975. The molecule has 144 valence electrons. The van der Waals surface area contributed by atoms with E-state index in [2.05, 4.69) is 5.32 Å². The number of carbonyl (C=O) groups is 2. The van der Waals surface area contributed by atoms with Crippen LogP contribution >= 0.6 is 0 Å². The molecule has 1 fully saturated rings. The number of morpholine rings is 1. The third kappa shape index (κ3) is 3.83. The number of fused-ring (bicyclic) bond motifs is 1. The molecule has 1 aromatic carbocycles. The molecule has 0 spiro atoms. The Labute approximate surface area is 163 Å². The third-order valence-corrected chi connectivity index (χ3v) is 5.15. The van der Waals surface area contributed by atoms with Gasteiger partial charge in [0.05, 0.1) is 26.3 Å². The molecule has 6 nitrogen and oxygen atoms in total. The highest BCUT2D eigenvalue weighted by molar-refractivity contribution is 6.43. The molecule has 1 amide bonds. The first-order valence-corrected chi connectivity index (χ1v) is 9.63. The van der Waals surface area contributed by atoms with E-state index in [-0.39, 0.29) is 0 Å². The number of benzene rings is 1. The molecule has 3 aromatic rings. The van der Waals surface area contributed by atoms with E-state index in [1.54, 1.807) is 4.40 Å². The van der Waals surface area contributed by atoms with E-state index < -0.39 is 11.7 Å². The van der Waals surface area contributed by atoms with Crippen molar-refractivity contribution in [1.82, 2.24) is 9.72 Å². The lowest BCUT2D eigenvalue weighted by Gasteiger charge is -2.23. The van der Waals surface area contributed by atoms with E-state index in [1.165, 1.54) is 4.90 Å². The second kappa shape index (κ2) is 8.37. The van der Waals surface area contributed by atoms with E-state index in [0.29, 0.717) is 12.2 Å². The predicted octanol–water partition coefficient (Wildman–Crippen LogP) is 0.820. The van der Waals surface area contributed by atoms with E-state index in [0.717, 1.165) is 49.5 Å². The molecule has 0 unspecified atom stereocenters. The highest BCUT2D eigenvalue weighted by atomic mass is 16.5. The highest BCUT2D eigenvalue weighted by Crippen LogP contribution is 2.28. The van der Waals surface area contributed by atoms with Gasteiger partial charge in [-0.25, -0.2) is 0 Å². The molecule has 0 atom stereocenters. The van der Waals surface area contributed by atoms with Crippen LogP contribution in [0.3, 0.4) is 0 Å². The summed E-state index contributed by atoms with van der Waals surface area (Å²) in [5.41, 5.74) is 2.97. The Morgan fingerprint density at radius 2 is 1.79 bits per heavy atom. The van der Waals surface area contributed by atoms with Crippen LogP contribution in [-0.2, 0) is 9.53 Å². The minimum absolute atomic E-state index is 0.401. The van der Waals surface area contributed by atoms with Crippen molar-refractivity contribution in [2.75, 3.05) is 39.4 Å². The maximum atomic E-state index is 13.0. The summed E-state index contributed by atoms with van der Waals surface area (Å²) in [4.78, 5) is 27.0. The molecular weight excluding hydrogens is 354 g/mol. The van der Waals surface area contributed by atoms with Gasteiger partial charge in [0.2, 0.25) is 0 Å². The first kappa shape index (κ1) is 18.4. The average molecular weight is 378 g/mol. The van der Waals surface area contributed by atoms with Crippen LogP contribution in [0.15, 0.2) is 60.8 Å². The number of quaternary nitrogens is 1. The molecule has 0 aliphatic carbocycles. The van der Waals surface area contributed by atoms with Gasteiger partial charge in [-0.05, 0) is 23.8 Å². The Hall–Kier alpha value is -2.96. The quantitative estimate of drug-likeness (QED) is 0.493. The molecule has 0 radical (unpaired) electrons. The van der Waals surface area contributed by atoms with Crippen LogP contribution in [0.5, 0.6) is 0 Å². The van der Waals surface area contributed by atoms with Gasteiger partial charge in [-0.2, -0.15) is 0 Å². The van der Waals surface area contributed by atoms with E-state index in [1.807, 2.05) is 60.8 Å². The number of nitrogens with one attached hydrogen (secondary N) is 2. The van der Waals surface area contributed by atoms with Crippen molar-refractivity contribution < 1.29 is 19.2 Å². The number of amides is 1. The summed E-state index contributed by atoms with van der Waals surface area (Å²) < 4.78 is 7.13. The van der Waals surface area contributed by atoms with Gasteiger partial charge in [0.25, 0.3) is 11.7 Å². The summed E-state index contributed by atoms with van der Waals surface area (Å²) in [5.74, 6) is -1.07. The van der Waals surface area contributed by atoms with Crippen LogP contribution in [0.25, 0.3) is 16.6 Å². The second-order valence-corrected chi connectivity index (χ2v) is 6.97. The third-order valence-electron chi connectivity index (χ3n) is 5.15. The van der Waals surface area contributed by atoms with Crippen LogP contribution in [0.1, 0.15) is 10.5 Å². The number of carbonyl (C=O) groups excluding carboxylic acids is 2. The molecule has 2 aromatic heterocycles. The summed E-state index contributed by atoms with van der Waals surface area (Å²) in [5, 5.41) is 2.80. The van der Waals surface area contributed by atoms with Gasteiger partial charge in [-0.15, -0.1) is 0 Å². The Balaban J connectivity index is 1.55. The summed E-state index contributed by atoms with van der Waals surface area (Å²) in [6, 6.07) is 17.4. The van der Waals surface area contributed by atoms with Crippen molar-refractivity contribution in [3.05, 3.63) is 66.5 Å². The first-order valence-electron chi connectivity index (χ1n) is 9.63. The zero-order chi connectivity index (χ0) is 19.3. The smallest absolute Gasteiger partial charge is 0.294 e. The van der Waals surface area contributed by atoms with Gasteiger partial charge < -0.3 is 19.4 Å². The van der Waals surface area contributed by atoms with E-state index >= 15 is 0 Å². The van der Waals surface area contributed by atoms with E-state index in [9.17, 15) is 9.59 Å². The Morgan fingerprint density at radius 1 is 1.04 bits per heavy atom. The molecular formula is C22H24N3O3+. The number of hydrogen-bond acceptors (Lipinski definition) is 3. The Morgan fingerprint density at radius 3 is 2.57 bits per heavy atom. The standard InChI is InChI=1S/C22H23N3O3/c26-21(22(27)23-9-11-24-12-14-28-15-13-24)20-19(17-6-2-1-3-7-17)16-18-8-4-5-10-25(18)20/h1-8,10,16H,9,11-15H2,(H,23,27)/p+1. The monoisotopic (exact) mass is 378 g/mol. The largest absolute Gasteiger partial charge is 0.370 e. The number of pyridine rings is 1. The summed E-state index contributed by atoms with van der Waals surface area (Å²) in [6.45, 7) is 4.64. The average Bonchev–Trinajstić information content (AvgIpc) is 3.14. The van der Waals surface area contributed by atoms with Crippen molar-refractivity contribution in [2.24, 2.45) is 0 Å². The number of aromatic nitrogens is 1. The van der Waals surface area contributed by atoms with Crippen molar-refractivity contribution in [3.8, 4) is 11.1 Å².